The Hall–Kier alpha value is -2.62. The molecule has 4 nitrogen and oxygen atoms in total. The number of rotatable bonds is 9. The summed E-state index contributed by atoms with van der Waals surface area (Å²) in [7, 11) is 0. The van der Waals surface area contributed by atoms with Crippen molar-refractivity contribution in [1.82, 2.24) is 10.2 Å². The summed E-state index contributed by atoms with van der Waals surface area (Å²) in [5, 5.41) is 3.04. The van der Waals surface area contributed by atoms with E-state index in [1.54, 1.807) is 4.90 Å². The van der Waals surface area contributed by atoms with Crippen molar-refractivity contribution in [2.45, 2.75) is 65.6 Å². The molecule has 0 saturated carbocycles. The van der Waals surface area contributed by atoms with Crippen LogP contribution in [0.4, 0.5) is 0 Å². The molecule has 2 amide bonds. The van der Waals surface area contributed by atoms with Crippen LogP contribution in [-0.4, -0.2) is 28.8 Å². The van der Waals surface area contributed by atoms with Gasteiger partial charge in [-0.15, -0.1) is 0 Å². The van der Waals surface area contributed by atoms with E-state index in [0.717, 1.165) is 17.5 Å². The van der Waals surface area contributed by atoms with Crippen LogP contribution in [0.2, 0.25) is 0 Å². The summed E-state index contributed by atoms with van der Waals surface area (Å²) in [4.78, 5) is 27.8. The van der Waals surface area contributed by atoms with Crippen LogP contribution in [0.25, 0.3) is 0 Å². The van der Waals surface area contributed by atoms with Gasteiger partial charge in [0.15, 0.2) is 0 Å². The summed E-state index contributed by atoms with van der Waals surface area (Å²) in [6.45, 7) is 8.45. The van der Waals surface area contributed by atoms with Gasteiger partial charge in [-0.1, -0.05) is 74.0 Å². The van der Waals surface area contributed by atoms with Crippen molar-refractivity contribution < 1.29 is 9.59 Å². The fourth-order valence-electron chi connectivity index (χ4n) is 3.12. The van der Waals surface area contributed by atoms with Crippen LogP contribution in [0.5, 0.6) is 0 Å². The van der Waals surface area contributed by atoms with E-state index >= 15 is 0 Å². The van der Waals surface area contributed by atoms with E-state index in [0.29, 0.717) is 19.4 Å². The third kappa shape index (κ3) is 6.22. The Bertz CT molecular complexity index is 756. The lowest BCUT2D eigenvalue weighted by Gasteiger charge is -2.31. The topological polar surface area (TPSA) is 49.4 Å². The molecule has 1 N–H and O–H groups in total. The molecule has 2 unspecified atom stereocenters. The maximum atomic E-state index is 13.2. The highest BCUT2D eigenvalue weighted by atomic mass is 16.2. The number of hydrogen-bond acceptors (Lipinski definition) is 2. The first-order valence-electron chi connectivity index (χ1n) is 10.1. The van der Waals surface area contributed by atoms with Gasteiger partial charge >= 0.3 is 0 Å². The Balaban J connectivity index is 2.25. The molecule has 0 radical (unpaired) electrons. The number of aryl methyl sites for hydroxylation is 1. The van der Waals surface area contributed by atoms with Crippen molar-refractivity contribution in [3.8, 4) is 0 Å². The van der Waals surface area contributed by atoms with Gasteiger partial charge in [-0.05, 0) is 37.8 Å². The third-order valence-corrected chi connectivity index (χ3v) is 5.06. The first kappa shape index (κ1) is 21.7. The summed E-state index contributed by atoms with van der Waals surface area (Å²) in [5.74, 6) is -0.108. The Morgan fingerprint density at radius 3 is 2.14 bits per heavy atom. The van der Waals surface area contributed by atoms with Gasteiger partial charge in [0, 0.05) is 12.6 Å². The van der Waals surface area contributed by atoms with Crippen LogP contribution < -0.4 is 5.32 Å². The minimum Gasteiger partial charge on any atom is -0.352 e. The van der Waals surface area contributed by atoms with Gasteiger partial charge in [-0.2, -0.15) is 0 Å². The molecule has 2 rings (SSSR count). The fraction of sp³-hybridized carbons (Fsp3) is 0.417. The molecule has 28 heavy (non-hydrogen) atoms. The van der Waals surface area contributed by atoms with Crippen molar-refractivity contribution in [1.29, 1.82) is 0 Å². The summed E-state index contributed by atoms with van der Waals surface area (Å²) in [6.07, 6.45) is 1.73. The lowest BCUT2D eigenvalue weighted by molar-refractivity contribution is -0.141. The first-order valence-corrected chi connectivity index (χ1v) is 10.1. The molecule has 2 aromatic rings. The Morgan fingerprint density at radius 2 is 1.57 bits per heavy atom. The quantitative estimate of drug-likeness (QED) is 0.707. The van der Waals surface area contributed by atoms with Crippen molar-refractivity contribution in [2.24, 2.45) is 0 Å². The van der Waals surface area contributed by atoms with E-state index in [2.05, 4.69) is 5.32 Å². The minimum absolute atomic E-state index is 0.0297. The summed E-state index contributed by atoms with van der Waals surface area (Å²) in [6, 6.07) is 17.4. The fourth-order valence-corrected chi connectivity index (χ4v) is 3.12. The molecule has 2 aromatic carbocycles. The van der Waals surface area contributed by atoms with Crippen molar-refractivity contribution in [3.63, 3.8) is 0 Å². The summed E-state index contributed by atoms with van der Waals surface area (Å²) < 4.78 is 0. The van der Waals surface area contributed by atoms with E-state index < -0.39 is 6.04 Å². The van der Waals surface area contributed by atoms with Crippen molar-refractivity contribution in [2.75, 3.05) is 0 Å². The van der Waals surface area contributed by atoms with Crippen molar-refractivity contribution in [3.05, 3.63) is 71.3 Å². The second kappa shape index (κ2) is 10.6. The van der Waals surface area contributed by atoms with E-state index in [1.807, 2.05) is 82.3 Å². The Labute approximate surface area is 169 Å². The molecule has 0 fully saturated rings. The number of carbonyl (C=O) groups excluding carboxylic acids is 2. The lowest BCUT2D eigenvalue weighted by atomic mass is 10.1. The minimum atomic E-state index is -0.480. The van der Waals surface area contributed by atoms with E-state index in [1.165, 1.54) is 5.56 Å². The number of nitrogens with one attached hydrogen (secondary N) is 1. The third-order valence-electron chi connectivity index (χ3n) is 5.06. The normalized spacial score (nSPS) is 12.9. The zero-order valence-corrected chi connectivity index (χ0v) is 17.4. The maximum absolute atomic E-state index is 13.2. The zero-order chi connectivity index (χ0) is 20.5. The molecule has 0 heterocycles. The summed E-state index contributed by atoms with van der Waals surface area (Å²) in [5.41, 5.74) is 3.16. The van der Waals surface area contributed by atoms with Gasteiger partial charge in [-0.25, -0.2) is 0 Å². The number of amides is 2. The van der Waals surface area contributed by atoms with Gasteiger partial charge in [0.1, 0.15) is 6.04 Å². The van der Waals surface area contributed by atoms with Gasteiger partial charge in [0.25, 0.3) is 0 Å². The Kier molecular flexibility index (Phi) is 8.24. The number of nitrogens with zero attached hydrogens (tertiary/aromatic N) is 1. The molecule has 0 aliphatic rings. The van der Waals surface area contributed by atoms with Crippen LogP contribution >= 0.6 is 0 Å². The second-order valence-electron chi connectivity index (χ2n) is 7.41. The number of carbonyl (C=O) groups is 2. The maximum Gasteiger partial charge on any atom is 0.243 e. The summed E-state index contributed by atoms with van der Waals surface area (Å²) >= 11 is 0. The van der Waals surface area contributed by atoms with Crippen LogP contribution in [0.3, 0.4) is 0 Å². The van der Waals surface area contributed by atoms with E-state index in [-0.39, 0.29) is 17.9 Å². The van der Waals surface area contributed by atoms with Crippen LogP contribution in [0.15, 0.2) is 54.6 Å². The molecule has 0 saturated heterocycles. The molecule has 150 valence electrons. The van der Waals surface area contributed by atoms with Gasteiger partial charge in [0.2, 0.25) is 11.8 Å². The smallest absolute Gasteiger partial charge is 0.243 e. The molecular weight excluding hydrogens is 348 g/mol. The molecule has 2 atom stereocenters. The average Bonchev–Trinajstić information content (AvgIpc) is 2.69. The van der Waals surface area contributed by atoms with E-state index in [9.17, 15) is 9.59 Å². The predicted octanol–water partition coefficient (Wildman–Crippen LogP) is 4.26. The molecule has 4 heteroatoms. The Morgan fingerprint density at radius 1 is 0.929 bits per heavy atom. The molecule has 0 aromatic heterocycles. The largest absolute Gasteiger partial charge is 0.352 e. The van der Waals surface area contributed by atoms with E-state index in [4.69, 9.17) is 0 Å². The highest BCUT2D eigenvalue weighted by Crippen LogP contribution is 2.15. The SMILES string of the molecule is CCC(C)NC(=O)C(CC)N(Cc1ccc(C)cc1)C(=O)Cc1ccccc1. The van der Waals surface area contributed by atoms with Crippen LogP contribution in [0.1, 0.15) is 50.3 Å². The molecule has 0 bridgehead atoms. The van der Waals surface area contributed by atoms with Gasteiger partial charge in [0.05, 0.1) is 6.42 Å². The van der Waals surface area contributed by atoms with Gasteiger partial charge in [-0.3, -0.25) is 9.59 Å². The first-order chi connectivity index (χ1) is 13.4. The van der Waals surface area contributed by atoms with Gasteiger partial charge < -0.3 is 10.2 Å². The second-order valence-corrected chi connectivity index (χ2v) is 7.41. The standard InChI is InChI=1S/C24H32N2O2/c1-5-19(4)25-24(28)22(6-2)26(17-21-14-12-18(3)13-15-21)23(27)16-20-10-8-7-9-11-20/h7-15,19,22H,5-6,16-17H2,1-4H3,(H,25,28). The predicted molar refractivity (Wildman–Crippen MR) is 114 cm³/mol. The zero-order valence-electron chi connectivity index (χ0n) is 17.4. The number of hydrogen-bond donors (Lipinski definition) is 1. The van der Waals surface area contributed by atoms with Crippen LogP contribution in [-0.2, 0) is 22.6 Å². The molecule has 0 aliphatic carbocycles. The molecule has 0 aliphatic heterocycles. The highest BCUT2D eigenvalue weighted by Gasteiger charge is 2.29. The van der Waals surface area contributed by atoms with Crippen LogP contribution in [0, 0.1) is 6.92 Å². The molecular formula is C24H32N2O2. The highest BCUT2D eigenvalue weighted by molar-refractivity contribution is 5.88. The average molecular weight is 381 g/mol. The monoisotopic (exact) mass is 380 g/mol. The van der Waals surface area contributed by atoms with Crippen molar-refractivity contribution >= 4 is 11.8 Å². The lowest BCUT2D eigenvalue weighted by Crippen LogP contribution is -2.51. The molecule has 0 spiro atoms. The number of benzene rings is 2.